The lowest BCUT2D eigenvalue weighted by Crippen LogP contribution is -2.38. The Morgan fingerprint density at radius 3 is 2.81 bits per heavy atom. The second-order valence-electron chi connectivity index (χ2n) is 5.13. The summed E-state index contributed by atoms with van der Waals surface area (Å²) < 4.78 is 4.83. The molecule has 0 aliphatic rings. The van der Waals surface area contributed by atoms with E-state index in [4.69, 9.17) is 4.74 Å². The highest BCUT2D eigenvalue weighted by Gasteiger charge is 2.13. The van der Waals surface area contributed by atoms with E-state index in [1.165, 1.54) is 15.3 Å². The molecule has 21 heavy (non-hydrogen) atoms. The van der Waals surface area contributed by atoms with Gasteiger partial charge in [0.2, 0.25) is 0 Å². The van der Waals surface area contributed by atoms with Crippen LogP contribution in [0.2, 0.25) is 0 Å². The standard InChI is InChI=1S/C15H26N2O3S/c1-5-13-10(2)8-14(21-13)11(3)17-15(19)16-7-6-12(18)9-20-4/h8,11-12,18H,5-7,9H2,1-4H3,(H2,16,17,19). The first-order chi connectivity index (χ1) is 9.97. The summed E-state index contributed by atoms with van der Waals surface area (Å²) in [6.07, 6.45) is 0.959. The summed E-state index contributed by atoms with van der Waals surface area (Å²) in [7, 11) is 1.54. The van der Waals surface area contributed by atoms with Gasteiger partial charge in [0.05, 0.1) is 18.8 Å². The van der Waals surface area contributed by atoms with E-state index in [1.807, 2.05) is 6.92 Å². The van der Waals surface area contributed by atoms with E-state index in [-0.39, 0.29) is 18.7 Å². The number of nitrogens with one attached hydrogen (secondary N) is 2. The zero-order chi connectivity index (χ0) is 15.8. The van der Waals surface area contributed by atoms with E-state index in [1.54, 1.807) is 18.4 Å². The van der Waals surface area contributed by atoms with Crippen LogP contribution in [0.25, 0.3) is 0 Å². The van der Waals surface area contributed by atoms with Gasteiger partial charge in [0, 0.05) is 23.4 Å². The fourth-order valence-corrected chi connectivity index (χ4v) is 3.18. The lowest BCUT2D eigenvalue weighted by atomic mass is 10.2. The molecule has 0 fully saturated rings. The van der Waals surface area contributed by atoms with Crippen molar-refractivity contribution in [3.8, 4) is 0 Å². The first kappa shape index (κ1) is 17.9. The molecule has 2 amide bonds. The first-order valence-corrected chi connectivity index (χ1v) is 8.10. The normalized spacial score (nSPS) is 13.8. The Labute approximate surface area is 130 Å². The SMILES string of the molecule is CCc1sc(C(C)NC(=O)NCCC(O)COC)cc1C. The molecule has 1 aromatic heterocycles. The molecule has 0 radical (unpaired) electrons. The van der Waals surface area contributed by atoms with Crippen LogP contribution in [-0.2, 0) is 11.2 Å². The van der Waals surface area contributed by atoms with Gasteiger partial charge in [0.1, 0.15) is 0 Å². The Hall–Kier alpha value is -1.11. The first-order valence-electron chi connectivity index (χ1n) is 7.28. The van der Waals surface area contributed by atoms with Gasteiger partial charge in [-0.2, -0.15) is 0 Å². The summed E-state index contributed by atoms with van der Waals surface area (Å²) in [5.41, 5.74) is 1.29. The largest absolute Gasteiger partial charge is 0.391 e. The molecule has 1 aromatic rings. The number of urea groups is 1. The molecule has 5 nitrogen and oxygen atoms in total. The molecular formula is C15H26N2O3S. The minimum Gasteiger partial charge on any atom is -0.391 e. The summed E-state index contributed by atoms with van der Waals surface area (Å²) in [4.78, 5) is 14.3. The zero-order valence-electron chi connectivity index (χ0n) is 13.2. The van der Waals surface area contributed by atoms with E-state index in [0.717, 1.165) is 6.42 Å². The average molecular weight is 314 g/mol. The van der Waals surface area contributed by atoms with E-state index >= 15 is 0 Å². The van der Waals surface area contributed by atoms with Crippen LogP contribution in [0.4, 0.5) is 4.79 Å². The lowest BCUT2D eigenvalue weighted by Gasteiger charge is -2.14. The van der Waals surface area contributed by atoms with Crippen molar-refractivity contribution >= 4 is 17.4 Å². The number of carbonyl (C=O) groups is 1. The predicted molar refractivity (Wildman–Crippen MR) is 85.9 cm³/mol. The number of carbonyl (C=O) groups excluding carboxylic acids is 1. The number of hydrogen-bond donors (Lipinski definition) is 3. The van der Waals surface area contributed by atoms with Gasteiger partial charge in [-0.05, 0) is 38.3 Å². The summed E-state index contributed by atoms with van der Waals surface area (Å²) >= 11 is 1.75. The van der Waals surface area contributed by atoms with Crippen LogP contribution < -0.4 is 10.6 Å². The minimum atomic E-state index is -0.542. The molecular weight excluding hydrogens is 288 g/mol. The molecule has 0 aliphatic heterocycles. The fourth-order valence-electron chi connectivity index (χ4n) is 2.06. The van der Waals surface area contributed by atoms with Gasteiger partial charge < -0.3 is 20.5 Å². The van der Waals surface area contributed by atoms with Crippen LogP contribution in [0.3, 0.4) is 0 Å². The summed E-state index contributed by atoms with van der Waals surface area (Å²) in [5.74, 6) is 0. The molecule has 0 spiro atoms. The van der Waals surface area contributed by atoms with Gasteiger partial charge in [-0.1, -0.05) is 6.92 Å². The highest BCUT2D eigenvalue weighted by Crippen LogP contribution is 2.27. The number of methoxy groups -OCH3 is 1. The van der Waals surface area contributed by atoms with Crippen molar-refractivity contribution in [3.05, 3.63) is 21.4 Å². The zero-order valence-corrected chi connectivity index (χ0v) is 14.0. The number of ether oxygens (including phenoxy) is 1. The molecule has 6 heteroatoms. The summed E-state index contributed by atoms with van der Waals surface area (Å²) in [6.45, 7) is 6.92. The van der Waals surface area contributed by atoms with Crippen molar-refractivity contribution in [3.63, 3.8) is 0 Å². The van der Waals surface area contributed by atoms with Gasteiger partial charge in [-0.25, -0.2) is 4.79 Å². The Morgan fingerprint density at radius 2 is 2.24 bits per heavy atom. The van der Waals surface area contributed by atoms with Gasteiger partial charge in [0.15, 0.2) is 0 Å². The predicted octanol–water partition coefficient (Wildman–Crippen LogP) is 2.38. The number of amides is 2. The number of aliphatic hydroxyl groups is 1. The molecule has 0 saturated carbocycles. The highest BCUT2D eigenvalue weighted by molar-refractivity contribution is 7.12. The Balaban J connectivity index is 2.36. The third kappa shape index (κ3) is 6.03. The van der Waals surface area contributed by atoms with Crippen LogP contribution in [0.1, 0.15) is 41.6 Å². The van der Waals surface area contributed by atoms with Gasteiger partial charge in [-0.15, -0.1) is 11.3 Å². The molecule has 0 saturated heterocycles. The maximum Gasteiger partial charge on any atom is 0.315 e. The summed E-state index contributed by atoms with van der Waals surface area (Å²) in [5, 5.41) is 15.1. The van der Waals surface area contributed by atoms with Crippen molar-refractivity contribution in [1.82, 2.24) is 10.6 Å². The Kier molecular flexibility index (Phi) is 7.71. The topological polar surface area (TPSA) is 70.6 Å². The van der Waals surface area contributed by atoms with Crippen LogP contribution in [-0.4, -0.2) is 37.5 Å². The Bertz CT molecular complexity index is 448. The molecule has 1 rings (SSSR count). The molecule has 120 valence electrons. The molecule has 2 unspecified atom stereocenters. The van der Waals surface area contributed by atoms with E-state index in [0.29, 0.717) is 13.0 Å². The van der Waals surface area contributed by atoms with Crippen LogP contribution >= 0.6 is 11.3 Å². The molecule has 3 N–H and O–H groups in total. The van der Waals surface area contributed by atoms with E-state index in [2.05, 4.69) is 30.5 Å². The van der Waals surface area contributed by atoms with Crippen LogP contribution in [0.5, 0.6) is 0 Å². The number of aryl methyl sites for hydroxylation is 2. The van der Waals surface area contributed by atoms with Gasteiger partial charge >= 0.3 is 6.03 Å². The monoisotopic (exact) mass is 314 g/mol. The van der Waals surface area contributed by atoms with Crippen LogP contribution in [0, 0.1) is 6.92 Å². The van der Waals surface area contributed by atoms with Crippen molar-refractivity contribution < 1.29 is 14.6 Å². The number of aliphatic hydroxyl groups excluding tert-OH is 1. The lowest BCUT2D eigenvalue weighted by molar-refractivity contribution is 0.0598. The molecule has 2 atom stereocenters. The van der Waals surface area contributed by atoms with Gasteiger partial charge in [0.25, 0.3) is 0 Å². The Morgan fingerprint density at radius 1 is 1.52 bits per heavy atom. The number of rotatable bonds is 8. The average Bonchev–Trinajstić information content (AvgIpc) is 2.80. The van der Waals surface area contributed by atoms with Crippen LogP contribution in [0.15, 0.2) is 6.07 Å². The third-order valence-electron chi connectivity index (χ3n) is 3.26. The minimum absolute atomic E-state index is 0.0158. The molecule has 1 heterocycles. The van der Waals surface area contributed by atoms with E-state index in [9.17, 15) is 9.90 Å². The molecule has 0 aromatic carbocycles. The second-order valence-corrected chi connectivity index (χ2v) is 6.30. The number of hydrogen-bond acceptors (Lipinski definition) is 4. The highest BCUT2D eigenvalue weighted by atomic mass is 32.1. The van der Waals surface area contributed by atoms with Crippen molar-refractivity contribution in [1.29, 1.82) is 0 Å². The number of thiophene rings is 1. The second kappa shape index (κ2) is 9.02. The van der Waals surface area contributed by atoms with Crippen molar-refractivity contribution in [2.24, 2.45) is 0 Å². The maximum atomic E-state index is 11.8. The summed E-state index contributed by atoms with van der Waals surface area (Å²) in [6, 6.07) is 1.91. The molecule has 0 aliphatic carbocycles. The fraction of sp³-hybridized carbons (Fsp3) is 0.667. The van der Waals surface area contributed by atoms with Crippen molar-refractivity contribution in [2.75, 3.05) is 20.3 Å². The quantitative estimate of drug-likeness (QED) is 0.690. The van der Waals surface area contributed by atoms with Crippen molar-refractivity contribution in [2.45, 2.75) is 45.8 Å². The molecule has 0 bridgehead atoms. The third-order valence-corrected chi connectivity index (χ3v) is 4.82. The maximum absolute atomic E-state index is 11.8. The van der Waals surface area contributed by atoms with Gasteiger partial charge in [-0.3, -0.25) is 0 Å². The van der Waals surface area contributed by atoms with E-state index < -0.39 is 6.10 Å². The smallest absolute Gasteiger partial charge is 0.315 e.